The van der Waals surface area contributed by atoms with Gasteiger partial charge in [0.15, 0.2) is 0 Å². The molecule has 1 rings (SSSR count). The molecule has 1 nitrogen and oxygen atoms in total. The minimum Gasteiger partial charge on any atom is -0.307 e. The number of hydrogen-bond acceptors (Lipinski definition) is 1. The average Bonchev–Trinajstić information content (AvgIpc) is 2.30. The van der Waals surface area contributed by atoms with Gasteiger partial charge in [-0.1, -0.05) is 19.4 Å². The molecule has 102 valence electrons. The Kier molecular flexibility index (Phi) is 5.59. The minimum atomic E-state index is -2.84. The van der Waals surface area contributed by atoms with Crippen molar-refractivity contribution in [2.45, 2.75) is 38.7 Å². The molecule has 0 spiro atoms. The van der Waals surface area contributed by atoms with E-state index in [2.05, 4.69) is 5.32 Å². The van der Waals surface area contributed by atoms with E-state index in [-0.39, 0.29) is 18.5 Å². The topological polar surface area (TPSA) is 12.0 Å². The zero-order valence-electron chi connectivity index (χ0n) is 10.3. The van der Waals surface area contributed by atoms with Crippen LogP contribution in [0.15, 0.2) is 18.2 Å². The number of benzene rings is 1. The van der Waals surface area contributed by atoms with E-state index in [1.807, 2.05) is 6.92 Å². The molecule has 0 radical (unpaired) electrons. The Labute approximate surface area is 104 Å². The molecule has 18 heavy (non-hydrogen) atoms. The number of unbranched alkanes of at least 4 members (excludes halogenated alkanes) is 1. The summed E-state index contributed by atoms with van der Waals surface area (Å²) in [5.41, 5.74) is -0.205. The predicted molar refractivity (Wildman–Crippen MR) is 62.5 cm³/mol. The summed E-state index contributed by atoms with van der Waals surface area (Å²) in [6.45, 7) is 1.03. The first-order valence-corrected chi connectivity index (χ1v) is 5.97. The molecule has 0 aliphatic carbocycles. The highest BCUT2D eigenvalue weighted by Gasteiger charge is 2.27. The van der Waals surface area contributed by atoms with Gasteiger partial charge in [0.05, 0.1) is 6.54 Å². The highest BCUT2D eigenvalue weighted by atomic mass is 19.3. The summed E-state index contributed by atoms with van der Waals surface area (Å²) in [6, 6.07) is 3.45. The molecule has 0 fully saturated rings. The van der Waals surface area contributed by atoms with Gasteiger partial charge in [-0.05, 0) is 18.6 Å². The maximum absolute atomic E-state index is 13.3. The molecule has 0 aliphatic rings. The van der Waals surface area contributed by atoms with Crippen molar-refractivity contribution in [3.63, 3.8) is 0 Å². The molecule has 5 heteroatoms. The van der Waals surface area contributed by atoms with Gasteiger partial charge in [0.1, 0.15) is 11.6 Å². The van der Waals surface area contributed by atoms with Crippen LogP contribution in [-0.4, -0.2) is 12.5 Å². The Morgan fingerprint density at radius 1 is 1.17 bits per heavy atom. The van der Waals surface area contributed by atoms with Crippen LogP contribution >= 0.6 is 0 Å². The number of alkyl halides is 2. The predicted octanol–water partition coefficient (Wildman–Crippen LogP) is 3.88. The molecular weight excluding hydrogens is 246 g/mol. The first kappa shape index (κ1) is 15.0. The molecule has 0 bridgehead atoms. The monoisotopic (exact) mass is 263 g/mol. The Hall–Kier alpha value is -1.10. The number of rotatable bonds is 7. The lowest BCUT2D eigenvalue weighted by Crippen LogP contribution is -2.32. The van der Waals surface area contributed by atoms with Crippen LogP contribution in [-0.2, 0) is 6.54 Å². The van der Waals surface area contributed by atoms with Crippen LogP contribution in [0.1, 0.15) is 31.7 Å². The Morgan fingerprint density at radius 3 is 2.33 bits per heavy atom. The van der Waals surface area contributed by atoms with Crippen LogP contribution in [0, 0.1) is 11.6 Å². The van der Waals surface area contributed by atoms with Crippen molar-refractivity contribution in [1.29, 1.82) is 0 Å². The number of nitrogens with one attached hydrogen (secondary N) is 1. The fraction of sp³-hybridized carbons (Fsp3) is 0.538. The van der Waals surface area contributed by atoms with E-state index >= 15 is 0 Å². The summed E-state index contributed by atoms with van der Waals surface area (Å²) < 4.78 is 52.9. The maximum atomic E-state index is 13.3. The van der Waals surface area contributed by atoms with Gasteiger partial charge in [0, 0.05) is 18.5 Å². The third-order valence-electron chi connectivity index (χ3n) is 2.64. The fourth-order valence-corrected chi connectivity index (χ4v) is 1.60. The van der Waals surface area contributed by atoms with E-state index in [1.54, 1.807) is 0 Å². The van der Waals surface area contributed by atoms with Gasteiger partial charge in [-0.15, -0.1) is 0 Å². The summed E-state index contributed by atoms with van der Waals surface area (Å²) in [4.78, 5) is 0. The molecule has 0 heterocycles. The molecule has 0 atom stereocenters. The molecule has 0 aromatic heterocycles. The zero-order chi connectivity index (χ0) is 13.6. The summed E-state index contributed by atoms with van der Waals surface area (Å²) in [6.07, 6.45) is 0.913. The molecule has 0 aliphatic heterocycles. The standard InChI is InChI=1S/C13H17F4N/c1-2-3-7-13(16,17)9-18-8-10-11(14)5-4-6-12(10)15/h4-6,18H,2-3,7-9H2,1H3. The smallest absolute Gasteiger partial charge is 0.260 e. The Bertz CT molecular complexity index is 359. The summed E-state index contributed by atoms with van der Waals surface area (Å²) in [5, 5.41) is 2.40. The van der Waals surface area contributed by atoms with Crippen LogP contribution in [0.2, 0.25) is 0 Å². The van der Waals surface area contributed by atoms with Gasteiger partial charge in [0.2, 0.25) is 0 Å². The number of halogens is 4. The lowest BCUT2D eigenvalue weighted by atomic mass is 10.1. The Balaban J connectivity index is 2.46. The van der Waals surface area contributed by atoms with Gasteiger partial charge in [-0.2, -0.15) is 0 Å². The van der Waals surface area contributed by atoms with Crippen molar-refractivity contribution < 1.29 is 17.6 Å². The normalized spacial score (nSPS) is 11.8. The second kappa shape index (κ2) is 6.73. The summed E-state index contributed by atoms with van der Waals surface area (Å²) in [5.74, 6) is -4.28. The largest absolute Gasteiger partial charge is 0.307 e. The molecule has 1 N–H and O–H groups in total. The lowest BCUT2D eigenvalue weighted by Gasteiger charge is -2.17. The molecular formula is C13H17F4N. The first-order valence-electron chi connectivity index (χ1n) is 5.97. The van der Waals surface area contributed by atoms with Crippen molar-refractivity contribution in [3.8, 4) is 0 Å². The van der Waals surface area contributed by atoms with Gasteiger partial charge in [0.25, 0.3) is 5.92 Å². The van der Waals surface area contributed by atoms with E-state index in [1.165, 1.54) is 6.07 Å². The van der Waals surface area contributed by atoms with E-state index in [0.717, 1.165) is 12.1 Å². The highest BCUT2D eigenvalue weighted by Crippen LogP contribution is 2.20. The van der Waals surface area contributed by atoms with E-state index in [4.69, 9.17) is 0 Å². The maximum Gasteiger partial charge on any atom is 0.260 e. The quantitative estimate of drug-likeness (QED) is 0.736. The lowest BCUT2D eigenvalue weighted by molar-refractivity contribution is -0.00874. The highest BCUT2D eigenvalue weighted by molar-refractivity contribution is 5.19. The fourth-order valence-electron chi connectivity index (χ4n) is 1.60. The minimum absolute atomic E-state index is 0.205. The third-order valence-corrected chi connectivity index (χ3v) is 2.64. The average molecular weight is 263 g/mol. The van der Waals surface area contributed by atoms with Crippen LogP contribution < -0.4 is 5.32 Å². The second-order valence-corrected chi connectivity index (χ2v) is 4.26. The summed E-state index contributed by atoms with van der Waals surface area (Å²) >= 11 is 0. The van der Waals surface area contributed by atoms with Gasteiger partial charge in [-0.25, -0.2) is 17.6 Å². The van der Waals surface area contributed by atoms with Gasteiger partial charge in [-0.3, -0.25) is 0 Å². The molecule has 1 aromatic carbocycles. The molecule has 0 saturated heterocycles. The van der Waals surface area contributed by atoms with Gasteiger partial charge >= 0.3 is 0 Å². The molecule has 0 amide bonds. The van der Waals surface area contributed by atoms with Crippen molar-refractivity contribution >= 4 is 0 Å². The third kappa shape index (κ3) is 4.64. The molecule has 0 saturated carbocycles. The van der Waals surface area contributed by atoms with Crippen molar-refractivity contribution in [1.82, 2.24) is 5.32 Å². The van der Waals surface area contributed by atoms with Crippen LogP contribution in [0.5, 0.6) is 0 Å². The van der Waals surface area contributed by atoms with E-state index < -0.39 is 24.1 Å². The van der Waals surface area contributed by atoms with Crippen LogP contribution in [0.4, 0.5) is 17.6 Å². The summed E-state index contributed by atoms with van der Waals surface area (Å²) in [7, 11) is 0. The van der Waals surface area contributed by atoms with Crippen molar-refractivity contribution in [2.24, 2.45) is 0 Å². The molecule has 0 unspecified atom stereocenters. The van der Waals surface area contributed by atoms with Crippen LogP contribution in [0.25, 0.3) is 0 Å². The Morgan fingerprint density at radius 2 is 1.78 bits per heavy atom. The van der Waals surface area contributed by atoms with E-state index in [0.29, 0.717) is 12.8 Å². The zero-order valence-corrected chi connectivity index (χ0v) is 10.3. The molecule has 1 aromatic rings. The number of hydrogen-bond donors (Lipinski definition) is 1. The first-order chi connectivity index (χ1) is 8.46. The SMILES string of the molecule is CCCCC(F)(F)CNCc1c(F)cccc1F. The van der Waals surface area contributed by atoms with Gasteiger partial charge < -0.3 is 5.32 Å². The second-order valence-electron chi connectivity index (χ2n) is 4.26. The van der Waals surface area contributed by atoms with Crippen molar-refractivity contribution in [3.05, 3.63) is 35.4 Å². The van der Waals surface area contributed by atoms with E-state index in [9.17, 15) is 17.6 Å². The van der Waals surface area contributed by atoms with Crippen molar-refractivity contribution in [2.75, 3.05) is 6.54 Å². The van der Waals surface area contributed by atoms with Crippen LogP contribution in [0.3, 0.4) is 0 Å².